The molecule has 4 heteroatoms. The molecule has 2 N–H and O–H groups in total. The Labute approximate surface area is 145 Å². The molecule has 4 rings (SSSR count). The maximum absolute atomic E-state index is 12.6. The van der Waals surface area contributed by atoms with Crippen LogP contribution in [0.1, 0.15) is 51.4 Å². The molecule has 2 unspecified atom stereocenters. The van der Waals surface area contributed by atoms with Gasteiger partial charge in [-0.25, -0.2) is 0 Å². The molecule has 3 heterocycles. The van der Waals surface area contributed by atoms with Crippen molar-refractivity contribution in [2.45, 2.75) is 63.5 Å². The summed E-state index contributed by atoms with van der Waals surface area (Å²) in [6.07, 6.45) is 9.41. The average Bonchev–Trinajstić information content (AvgIpc) is 2.94. The number of carbonyl (C=O) groups excluding carboxylic acids is 1. The Morgan fingerprint density at radius 3 is 2.54 bits per heavy atom. The first-order valence-corrected chi connectivity index (χ1v) is 9.68. The number of fused-ring (bicyclic) bond motifs is 2. The lowest BCUT2D eigenvalue weighted by atomic mass is 9.89. The third-order valence-corrected chi connectivity index (χ3v) is 5.92. The van der Waals surface area contributed by atoms with Gasteiger partial charge in [-0.2, -0.15) is 0 Å². The third-order valence-electron chi connectivity index (χ3n) is 5.92. The highest BCUT2D eigenvalue weighted by Crippen LogP contribution is 2.33. The Morgan fingerprint density at radius 2 is 1.79 bits per heavy atom. The molecule has 130 valence electrons. The number of carbonyl (C=O) groups is 1. The van der Waals surface area contributed by atoms with Gasteiger partial charge in [-0.1, -0.05) is 12.1 Å². The standard InChI is InChI=1S/C20H29N3O/c24-20(14-15-12-16-8-9-17(13-15)21-16)22-18-6-2-3-7-19(18)23-10-4-1-5-11-23/h2-3,6-7,15-17,21H,1,4-5,8-14H2,(H,22,24). The summed E-state index contributed by atoms with van der Waals surface area (Å²) in [7, 11) is 0. The van der Waals surface area contributed by atoms with Gasteiger partial charge < -0.3 is 15.5 Å². The number of piperidine rings is 2. The summed E-state index contributed by atoms with van der Waals surface area (Å²) in [6, 6.07) is 9.60. The average molecular weight is 327 g/mol. The lowest BCUT2D eigenvalue weighted by molar-refractivity contribution is -0.117. The fourth-order valence-corrected chi connectivity index (χ4v) is 4.80. The molecule has 1 aromatic rings. The van der Waals surface area contributed by atoms with Crippen molar-refractivity contribution in [1.82, 2.24) is 5.32 Å². The van der Waals surface area contributed by atoms with Crippen molar-refractivity contribution in [2.75, 3.05) is 23.3 Å². The van der Waals surface area contributed by atoms with Crippen LogP contribution in [-0.4, -0.2) is 31.1 Å². The summed E-state index contributed by atoms with van der Waals surface area (Å²) >= 11 is 0. The fraction of sp³-hybridized carbons (Fsp3) is 0.650. The van der Waals surface area contributed by atoms with Gasteiger partial charge in [0.25, 0.3) is 0 Å². The highest BCUT2D eigenvalue weighted by atomic mass is 16.1. The first kappa shape index (κ1) is 15.9. The molecule has 1 aromatic carbocycles. The summed E-state index contributed by atoms with van der Waals surface area (Å²) in [4.78, 5) is 15.0. The predicted molar refractivity (Wildman–Crippen MR) is 98.4 cm³/mol. The number of rotatable bonds is 4. The molecule has 0 spiro atoms. The molecule has 0 saturated carbocycles. The Balaban J connectivity index is 1.38. The molecule has 2 atom stereocenters. The van der Waals surface area contributed by atoms with Crippen molar-refractivity contribution < 1.29 is 4.79 Å². The second kappa shape index (κ2) is 7.14. The van der Waals surface area contributed by atoms with Gasteiger partial charge in [-0.15, -0.1) is 0 Å². The number of hydrogen-bond acceptors (Lipinski definition) is 3. The molecule has 24 heavy (non-hydrogen) atoms. The quantitative estimate of drug-likeness (QED) is 0.889. The van der Waals surface area contributed by atoms with Gasteiger partial charge in [0.1, 0.15) is 0 Å². The summed E-state index contributed by atoms with van der Waals surface area (Å²) < 4.78 is 0. The van der Waals surface area contributed by atoms with E-state index in [-0.39, 0.29) is 5.91 Å². The first-order chi connectivity index (χ1) is 11.8. The zero-order valence-electron chi connectivity index (χ0n) is 14.5. The van der Waals surface area contributed by atoms with Crippen LogP contribution < -0.4 is 15.5 Å². The van der Waals surface area contributed by atoms with E-state index in [1.165, 1.54) is 37.8 Å². The number of nitrogens with zero attached hydrogens (tertiary/aromatic N) is 1. The molecule has 4 nitrogen and oxygen atoms in total. The minimum atomic E-state index is 0.186. The lowest BCUT2D eigenvalue weighted by Crippen LogP contribution is -2.39. The molecule has 3 fully saturated rings. The monoisotopic (exact) mass is 327 g/mol. The maximum atomic E-state index is 12.6. The number of amides is 1. The molecule has 3 aliphatic rings. The van der Waals surface area contributed by atoms with Crippen LogP contribution in [0.3, 0.4) is 0 Å². The summed E-state index contributed by atoms with van der Waals surface area (Å²) in [5.74, 6) is 0.733. The first-order valence-electron chi connectivity index (χ1n) is 9.68. The van der Waals surface area contributed by atoms with Crippen LogP contribution in [0.15, 0.2) is 24.3 Å². The predicted octanol–water partition coefficient (Wildman–Crippen LogP) is 3.54. The number of hydrogen-bond donors (Lipinski definition) is 2. The van der Waals surface area contributed by atoms with Gasteiger partial charge in [-0.3, -0.25) is 4.79 Å². The molecule has 2 bridgehead atoms. The third kappa shape index (κ3) is 3.59. The van der Waals surface area contributed by atoms with E-state index >= 15 is 0 Å². The van der Waals surface area contributed by atoms with Crippen molar-refractivity contribution in [2.24, 2.45) is 5.92 Å². The summed E-state index contributed by atoms with van der Waals surface area (Å²) in [5.41, 5.74) is 2.18. The Hall–Kier alpha value is -1.55. The molecule has 0 radical (unpaired) electrons. The van der Waals surface area contributed by atoms with Crippen LogP contribution in [0.5, 0.6) is 0 Å². The minimum Gasteiger partial charge on any atom is -0.370 e. The smallest absolute Gasteiger partial charge is 0.224 e. The highest BCUT2D eigenvalue weighted by molar-refractivity contribution is 5.94. The van der Waals surface area contributed by atoms with Crippen LogP contribution in [0.2, 0.25) is 0 Å². The van der Waals surface area contributed by atoms with Gasteiger partial charge >= 0.3 is 0 Å². The normalized spacial score (nSPS) is 29.5. The second-order valence-corrected chi connectivity index (χ2v) is 7.79. The van der Waals surface area contributed by atoms with Gasteiger partial charge in [-0.05, 0) is 63.0 Å². The van der Waals surface area contributed by atoms with E-state index in [0.717, 1.165) is 31.6 Å². The van der Waals surface area contributed by atoms with Crippen molar-refractivity contribution >= 4 is 17.3 Å². The SMILES string of the molecule is O=C(CC1CC2CCC(C1)N2)Nc1ccccc1N1CCCCC1. The molecule has 0 aromatic heterocycles. The van der Waals surface area contributed by atoms with Gasteiger partial charge in [0.15, 0.2) is 0 Å². The van der Waals surface area contributed by atoms with Crippen molar-refractivity contribution in [3.8, 4) is 0 Å². The van der Waals surface area contributed by atoms with Crippen molar-refractivity contribution in [3.05, 3.63) is 24.3 Å². The Kier molecular flexibility index (Phi) is 4.74. The van der Waals surface area contributed by atoms with Gasteiger partial charge in [0, 0.05) is 31.6 Å². The van der Waals surface area contributed by atoms with Crippen LogP contribution in [0, 0.1) is 5.92 Å². The molecular weight excluding hydrogens is 298 g/mol. The number of benzene rings is 1. The molecular formula is C20H29N3O. The van der Waals surface area contributed by atoms with E-state index < -0.39 is 0 Å². The number of nitrogens with one attached hydrogen (secondary N) is 2. The zero-order chi connectivity index (χ0) is 16.4. The van der Waals surface area contributed by atoms with Crippen LogP contribution in [0.25, 0.3) is 0 Å². The van der Waals surface area contributed by atoms with Crippen LogP contribution in [-0.2, 0) is 4.79 Å². The van der Waals surface area contributed by atoms with E-state index in [2.05, 4.69) is 27.7 Å². The summed E-state index contributed by atoms with van der Waals surface area (Å²) in [6.45, 7) is 2.20. The van der Waals surface area contributed by atoms with Gasteiger partial charge in [0.05, 0.1) is 11.4 Å². The molecule has 3 aliphatic heterocycles. The van der Waals surface area contributed by atoms with E-state index in [9.17, 15) is 4.79 Å². The lowest BCUT2D eigenvalue weighted by Gasteiger charge is -2.31. The second-order valence-electron chi connectivity index (χ2n) is 7.79. The Bertz CT molecular complexity index is 570. The van der Waals surface area contributed by atoms with E-state index in [1.807, 2.05) is 12.1 Å². The number of anilines is 2. The van der Waals surface area contributed by atoms with Crippen molar-refractivity contribution in [1.29, 1.82) is 0 Å². The van der Waals surface area contributed by atoms with E-state index in [0.29, 0.717) is 24.4 Å². The maximum Gasteiger partial charge on any atom is 0.224 e. The minimum absolute atomic E-state index is 0.186. The number of para-hydroxylation sites is 2. The Morgan fingerprint density at radius 1 is 1.08 bits per heavy atom. The highest BCUT2D eigenvalue weighted by Gasteiger charge is 2.34. The van der Waals surface area contributed by atoms with E-state index in [1.54, 1.807) is 0 Å². The topological polar surface area (TPSA) is 44.4 Å². The summed E-state index contributed by atoms with van der Waals surface area (Å²) in [5, 5.41) is 6.86. The van der Waals surface area contributed by atoms with Crippen LogP contribution in [0.4, 0.5) is 11.4 Å². The fourth-order valence-electron chi connectivity index (χ4n) is 4.80. The largest absolute Gasteiger partial charge is 0.370 e. The van der Waals surface area contributed by atoms with E-state index in [4.69, 9.17) is 0 Å². The van der Waals surface area contributed by atoms with Crippen molar-refractivity contribution in [3.63, 3.8) is 0 Å². The molecule has 1 amide bonds. The molecule has 3 saturated heterocycles. The zero-order valence-corrected chi connectivity index (χ0v) is 14.5. The van der Waals surface area contributed by atoms with Gasteiger partial charge in [0.2, 0.25) is 5.91 Å². The molecule has 0 aliphatic carbocycles. The van der Waals surface area contributed by atoms with Crippen LogP contribution >= 0.6 is 0 Å².